The maximum absolute atomic E-state index is 12.7. The van der Waals surface area contributed by atoms with E-state index in [-0.39, 0.29) is 11.9 Å². The summed E-state index contributed by atoms with van der Waals surface area (Å²) in [6.07, 6.45) is 3.09. The molecule has 90 valence electrons. The van der Waals surface area contributed by atoms with E-state index in [1.165, 1.54) is 12.3 Å². The van der Waals surface area contributed by atoms with Gasteiger partial charge in [0.15, 0.2) is 0 Å². The number of nitrogens with one attached hydrogen (secondary N) is 1. The Labute approximate surface area is 96.0 Å². The number of ether oxygens (including phenoxy) is 1. The molecule has 1 heterocycles. The van der Waals surface area contributed by atoms with E-state index >= 15 is 0 Å². The lowest BCUT2D eigenvalue weighted by Gasteiger charge is -2.16. The van der Waals surface area contributed by atoms with Crippen molar-refractivity contribution in [1.82, 2.24) is 10.3 Å². The Morgan fingerprint density at radius 1 is 1.50 bits per heavy atom. The van der Waals surface area contributed by atoms with E-state index < -0.39 is 0 Å². The molecule has 0 aromatic carbocycles. The van der Waals surface area contributed by atoms with Crippen LogP contribution in [0, 0.1) is 5.82 Å². The summed E-state index contributed by atoms with van der Waals surface area (Å²) >= 11 is 0. The van der Waals surface area contributed by atoms with Gasteiger partial charge in [-0.05, 0) is 25.1 Å². The monoisotopic (exact) mass is 226 g/mol. The van der Waals surface area contributed by atoms with Crippen LogP contribution >= 0.6 is 0 Å². The van der Waals surface area contributed by atoms with E-state index in [4.69, 9.17) is 4.74 Å². The summed E-state index contributed by atoms with van der Waals surface area (Å²) in [5.74, 6) is -0.298. The molecule has 0 fully saturated rings. The molecule has 0 amide bonds. The molecule has 1 aromatic heterocycles. The molecular weight excluding hydrogens is 207 g/mol. The van der Waals surface area contributed by atoms with Crippen LogP contribution in [0.1, 0.15) is 19.0 Å². The van der Waals surface area contributed by atoms with Gasteiger partial charge in [0.25, 0.3) is 0 Å². The molecule has 4 heteroatoms. The molecule has 0 saturated carbocycles. The quantitative estimate of drug-likeness (QED) is 0.769. The molecule has 0 radical (unpaired) electrons. The predicted octanol–water partition coefficient (Wildman–Crippen LogP) is 1.78. The fourth-order valence-electron chi connectivity index (χ4n) is 1.52. The van der Waals surface area contributed by atoms with Crippen LogP contribution < -0.4 is 5.32 Å². The Balaban J connectivity index is 2.49. The smallest absolute Gasteiger partial charge is 0.141 e. The van der Waals surface area contributed by atoms with Gasteiger partial charge in [-0.2, -0.15) is 0 Å². The molecule has 1 unspecified atom stereocenters. The molecule has 1 rings (SSSR count). The van der Waals surface area contributed by atoms with Crippen LogP contribution in [0.4, 0.5) is 4.39 Å². The van der Waals surface area contributed by atoms with Gasteiger partial charge >= 0.3 is 0 Å². The van der Waals surface area contributed by atoms with Gasteiger partial charge in [-0.25, -0.2) is 4.39 Å². The second-order valence-corrected chi connectivity index (χ2v) is 3.78. The second-order valence-electron chi connectivity index (χ2n) is 3.78. The van der Waals surface area contributed by atoms with E-state index in [0.717, 1.165) is 25.1 Å². The first-order chi connectivity index (χ1) is 7.76. The lowest BCUT2D eigenvalue weighted by Crippen LogP contribution is -2.35. The zero-order chi connectivity index (χ0) is 11.8. The van der Waals surface area contributed by atoms with Crippen molar-refractivity contribution < 1.29 is 9.13 Å². The van der Waals surface area contributed by atoms with Crippen LogP contribution in [-0.2, 0) is 11.2 Å². The third kappa shape index (κ3) is 4.68. The molecule has 1 aromatic rings. The van der Waals surface area contributed by atoms with Crippen LogP contribution in [0.15, 0.2) is 18.3 Å². The maximum Gasteiger partial charge on any atom is 0.141 e. The normalized spacial score (nSPS) is 12.7. The fraction of sp³-hybridized carbons (Fsp3) is 0.583. The van der Waals surface area contributed by atoms with Crippen LogP contribution in [-0.4, -0.2) is 31.3 Å². The van der Waals surface area contributed by atoms with Crippen LogP contribution in [0.5, 0.6) is 0 Å². The average molecular weight is 226 g/mol. The molecular formula is C12H19FN2O. The second kappa shape index (κ2) is 7.30. The lowest BCUT2D eigenvalue weighted by molar-refractivity contribution is 0.165. The van der Waals surface area contributed by atoms with Crippen molar-refractivity contribution in [1.29, 1.82) is 0 Å². The number of pyridine rings is 1. The summed E-state index contributed by atoms with van der Waals surface area (Å²) in [6, 6.07) is 3.39. The summed E-state index contributed by atoms with van der Waals surface area (Å²) in [6.45, 7) is 3.71. The topological polar surface area (TPSA) is 34.1 Å². The van der Waals surface area contributed by atoms with E-state index in [2.05, 4.69) is 17.2 Å². The first kappa shape index (κ1) is 13.1. The Bertz CT molecular complexity index is 290. The molecule has 1 atom stereocenters. The summed E-state index contributed by atoms with van der Waals surface area (Å²) in [5.41, 5.74) is 0.882. The number of halogens is 1. The van der Waals surface area contributed by atoms with Gasteiger partial charge in [-0.15, -0.1) is 0 Å². The molecule has 0 aliphatic carbocycles. The van der Waals surface area contributed by atoms with Gasteiger partial charge in [0.05, 0.1) is 12.8 Å². The first-order valence-corrected chi connectivity index (χ1v) is 5.59. The van der Waals surface area contributed by atoms with E-state index in [9.17, 15) is 4.39 Å². The Hall–Kier alpha value is -1.00. The largest absolute Gasteiger partial charge is 0.383 e. The molecule has 16 heavy (non-hydrogen) atoms. The van der Waals surface area contributed by atoms with Crippen LogP contribution in [0.25, 0.3) is 0 Å². The molecule has 0 saturated heterocycles. The highest BCUT2D eigenvalue weighted by molar-refractivity contribution is 5.06. The Morgan fingerprint density at radius 3 is 2.88 bits per heavy atom. The SMILES string of the molecule is CCCNC(COC)Cc1ccc(F)cn1. The molecule has 0 spiro atoms. The fourth-order valence-corrected chi connectivity index (χ4v) is 1.52. The molecule has 0 aliphatic heterocycles. The van der Waals surface area contributed by atoms with E-state index in [1.807, 2.05) is 0 Å². The number of nitrogens with zero attached hydrogens (tertiary/aromatic N) is 1. The zero-order valence-corrected chi connectivity index (χ0v) is 9.87. The van der Waals surface area contributed by atoms with Gasteiger partial charge < -0.3 is 10.1 Å². The third-order valence-corrected chi connectivity index (χ3v) is 2.30. The number of hydrogen-bond donors (Lipinski definition) is 1. The van der Waals surface area contributed by atoms with Crippen molar-refractivity contribution in [2.45, 2.75) is 25.8 Å². The minimum atomic E-state index is -0.298. The van der Waals surface area contributed by atoms with E-state index in [1.54, 1.807) is 13.2 Å². The van der Waals surface area contributed by atoms with Gasteiger partial charge in [0.2, 0.25) is 0 Å². The summed E-state index contributed by atoms with van der Waals surface area (Å²) in [7, 11) is 1.68. The number of hydrogen-bond acceptors (Lipinski definition) is 3. The number of aromatic nitrogens is 1. The summed E-state index contributed by atoms with van der Waals surface area (Å²) in [4.78, 5) is 4.04. The summed E-state index contributed by atoms with van der Waals surface area (Å²) in [5, 5.41) is 3.37. The number of rotatable bonds is 7. The van der Waals surface area contributed by atoms with Crippen molar-refractivity contribution in [3.05, 3.63) is 29.8 Å². The standard InChI is InChI=1S/C12H19FN2O/c1-3-6-14-12(9-16-2)7-11-5-4-10(13)8-15-11/h4-5,8,12,14H,3,6-7,9H2,1-2H3. The van der Waals surface area contributed by atoms with E-state index in [0.29, 0.717) is 6.61 Å². The average Bonchev–Trinajstić information content (AvgIpc) is 2.29. The molecule has 1 N–H and O–H groups in total. The highest BCUT2D eigenvalue weighted by Crippen LogP contribution is 2.02. The van der Waals surface area contributed by atoms with Crippen LogP contribution in [0.2, 0.25) is 0 Å². The van der Waals surface area contributed by atoms with Gasteiger partial charge in [-0.1, -0.05) is 6.92 Å². The van der Waals surface area contributed by atoms with Crippen molar-refractivity contribution >= 4 is 0 Å². The highest BCUT2D eigenvalue weighted by atomic mass is 19.1. The van der Waals surface area contributed by atoms with Crippen molar-refractivity contribution in [2.75, 3.05) is 20.3 Å². The molecule has 0 bridgehead atoms. The van der Waals surface area contributed by atoms with Crippen molar-refractivity contribution in [2.24, 2.45) is 0 Å². The van der Waals surface area contributed by atoms with Gasteiger partial charge in [0.1, 0.15) is 5.82 Å². The maximum atomic E-state index is 12.7. The van der Waals surface area contributed by atoms with Gasteiger partial charge in [-0.3, -0.25) is 4.98 Å². The Kier molecular flexibility index (Phi) is 5.96. The summed E-state index contributed by atoms with van der Waals surface area (Å²) < 4.78 is 17.8. The number of methoxy groups -OCH3 is 1. The minimum Gasteiger partial charge on any atom is -0.383 e. The molecule has 3 nitrogen and oxygen atoms in total. The lowest BCUT2D eigenvalue weighted by atomic mass is 10.1. The van der Waals surface area contributed by atoms with Gasteiger partial charge in [0, 0.05) is 25.3 Å². The van der Waals surface area contributed by atoms with Crippen LogP contribution in [0.3, 0.4) is 0 Å². The third-order valence-electron chi connectivity index (χ3n) is 2.30. The molecule has 0 aliphatic rings. The van der Waals surface area contributed by atoms with Crippen molar-refractivity contribution in [3.63, 3.8) is 0 Å². The minimum absolute atomic E-state index is 0.239. The van der Waals surface area contributed by atoms with Crippen molar-refractivity contribution in [3.8, 4) is 0 Å². The first-order valence-electron chi connectivity index (χ1n) is 5.59. The predicted molar refractivity (Wildman–Crippen MR) is 61.9 cm³/mol. The zero-order valence-electron chi connectivity index (χ0n) is 9.87. The Morgan fingerprint density at radius 2 is 2.31 bits per heavy atom. The highest BCUT2D eigenvalue weighted by Gasteiger charge is 2.09.